The molecule has 4 aromatic carbocycles. The molecule has 0 bridgehead atoms. The molecule has 258 valence electrons. The number of fused-ring (bicyclic) bond motifs is 1. The van der Waals surface area contributed by atoms with Gasteiger partial charge in [0.15, 0.2) is 11.6 Å². The van der Waals surface area contributed by atoms with Crippen LogP contribution in [0.5, 0.6) is 0 Å². The molecule has 0 spiro atoms. The number of likely N-dealkylation sites (N-methyl/N-ethyl adjacent to an activating group) is 2. The smallest absolute Gasteiger partial charge is 0.246 e. The predicted octanol–water partition coefficient (Wildman–Crippen LogP) is 5.86. The molecule has 0 aliphatic heterocycles. The van der Waals surface area contributed by atoms with E-state index in [-0.39, 0.29) is 24.3 Å². The van der Waals surface area contributed by atoms with Gasteiger partial charge >= 0.3 is 0 Å². The Bertz CT molecular complexity index is 1780. The van der Waals surface area contributed by atoms with Gasteiger partial charge in [-0.3, -0.25) is 14.4 Å². The maximum Gasteiger partial charge on any atom is 0.246 e. The number of benzene rings is 4. The normalized spacial score (nSPS) is 12.9. The topological polar surface area (TPSA) is 81.8 Å². The number of halogens is 2. The summed E-state index contributed by atoms with van der Waals surface area (Å²) < 4.78 is 28.0. The fourth-order valence-corrected chi connectivity index (χ4v) is 5.58. The monoisotopic (exact) mass is 668 g/mol. The Kier molecular flexibility index (Phi) is 12.8. The van der Waals surface area contributed by atoms with Crippen LogP contribution in [-0.2, 0) is 33.6 Å². The molecule has 0 saturated carbocycles. The average Bonchev–Trinajstić information content (AvgIpc) is 3.10. The maximum atomic E-state index is 14.5. The summed E-state index contributed by atoms with van der Waals surface area (Å²) in [7, 11) is 4.95. The minimum absolute atomic E-state index is 0.0596. The zero-order valence-electron chi connectivity index (χ0n) is 28.9. The lowest BCUT2D eigenvalue weighted by molar-refractivity contribution is -0.146. The number of hydrogen-bond donors (Lipinski definition) is 2. The molecule has 4 aromatic rings. The molecule has 2 atom stereocenters. The Morgan fingerprint density at radius 3 is 2.08 bits per heavy atom. The molecule has 0 aliphatic rings. The van der Waals surface area contributed by atoms with Gasteiger partial charge < -0.3 is 20.4 Å². The maximum absolute atomic E-state index is 14.5. The second-order valence-corrected chi connectivity index (χ2v) is 13.0. The van der Waals surface area contributed by atoms with E-state index in [1.165, 1.54) is 29.0 Å². The van der Waals surface area contributed by atoms with Gasteiger partial charge in [0.25, 0.3) is 0 Å². The second kappa shape index (κ2) is 17.0. The van der Waals surface area contributed by atoms with Crippen molar-refractivity contribution in [2.24, 2.45) is 0 Å². The van der Waals surface area contributed by atoms with Crippen LogP contribution in [0.25, 0.3) is 10.8 Å². The van der Waals surface area contributed by atoms with E-state index < -0.39 is 35.5 Å². The van der Waals surface area contributed by atoms with E-state index in [4.69, 9.17) is 0 Å². The summed E-state index contributed by atoms with van der Waals surface area (Å²) in [6, 6.07) is 24.9. The van der Waals surface area contributed by atoms with Gasteiger partial charge in [0, 0.05) is 39.0 Å². The third kappa shape index (κ3) is 10.3. The molecule has 9 heteroatoms. The molecular formula is C40H46F2N4O3. The van der Waals surface area contributed by atoms with E-state index in [1.54, 1.807) is 13.1 Å². The van der Waals surface area contributed by atoms with Crippen molar-refractivity contribution >= 4 is 28.5 Å². The number of rotatable bonds is 15. The molecule has 4 rings (SSSR count). The SMILES string of the molecule is CNC(C)(C)CC=CC(=O)N(C)[C@H](Cc1ccc2ccccc2c1)C(=O)N(C)[C@H](Cc1ccc(F)c(F)c1)C(=O)NCCc1ccccc1. The fourth-order valence-electron chi connectivity index (χ4n) is 5.58. The molecule has 7 nitrogen and oxygen atoms in total. The van der Waals surface area contributed by atoms with Crippen molar-refractivity contribution in [2.45, 2.75) is 57.2 Å². The minimum Gasteiger partial charge on any atom is -0.354 e. The summed E-state index contributed by atoms with van der Waals surface area (Å²) in [6.07, 6.45) is 4.54. The second-order valence-electron chi connectivity index (χ2n) is 13.0. The number of hydrogen-bond acceptors (Lipinski definition) is 4. The highest BCUT2D eigenvalue weighted by Gasteiger charge is 2.35. The summed E-state index contributed by atoms with van der Waals surface area (Å²) >= 11 is 0. The zero-order chi connectivity index (χ0) is 35.6. The summed E-state index contributed by atoms with van der Waals surface area (Å²) in [5.41, 5.74) is 2.00. The predicted molar refractivity (Wildman–Crippen MR) is 191 cm³/mol. The van der Waals surface area contributed by atoms with E-state index in [2.05, 4.69) is 10.6 Å². The highest BCUT2D eigenvalue weighted by molar-refractivity contribution is 5.95. The van der Waals surface area contributed by atoms with Crippen LogP contribution in [0.1, 0.15) is 37.0 Å². The Morgan fingerprint density at radius 1 is 0.755 bits per heavy atom. The first-order chi connectivity index (χ1) is 23.4. The van der Waals surface area contributed by atoms with E-state index in [9.17, 15) is 23.2 Å². The van der Waals surface area contributed by atoms with Crippen molar-refractivity contribution in [2.75, 3.05) is 27.7 Å². The Labute approximate surface area is 288 Å². The average molecular weight is 669 g/mol. The van der Waals surface area contributed by atoms with Crippen LogP contribution in [-0.4, -0.2) is 72.8 Å². The standard InChI is InChI=1S/C40H46F2N4O3/c1-40(2,43-3)22-11-16-37(47)45(4)36(27-29-17-19-31-14-9-10-15-32(31)24-29)39(49)46(5)35(26-30-18-20-33(41)34(42)25-30)38(48)44-23-21-28-12-7-6-8-13-28/h6-20,24-25,35-36,43H,21-23,26-27H2,1-5H3,(H,44,48)/t35-,36-/m1/s1. The first-order valence-corrected chi connectivity index (χ1v) is 16.5. The third-order valence-electron chi connectivity index (χ3n) is 9.00. The Morgan fingerprint density at radius 2 is 1.39 bits per heavy atom. The molecule has 49 heavy (non-hydrogen) atoms. The van der Waals surface area contributed by atoms with Crippen LogP contribution in [0.3, 0.4) is 0 Å². The molecule has 0 aliphatic carbocycles. The number of carbonyl (C=O) groups excluding carboxylic acids is 3. The summed E-state index contributed by atoms with van der Waals surface area (Å²) in [5, 5.41) is 8.17. The van der Waals surface area contributed by atoms with Gasteiger partial charge in [-0.1, -0.05) is 84.9 Å². The molecule has 0 fully saturated rings. The number of amides is 3. The number of carbonyl (C=O) groups is 3. The van der Waals surface area contributed by atoms with Crippen LogP contribution in [0, 0.1) is 11.6 Å². The molecule has 0 aromatic heterocycles. The van der Waals surface area contributed by atoms with Crippen LogP contribution in [0.2, 0.25) is 0 Å². The van der Waals surface area contributed by atoms with Crippen molar-refractivity contribution in [1.29, 1.82) is 0 Å². The lowest BCUT2D eigenvalue weighted by Gasteiger charge is -2.34. The van der Waals surface area contributed by atoms with Gasteiger partial charge in [-0.2, -0.15) is 0 Å². The van der Waals surface area contributed by atoms with Gasteiger partial charge in [0.05, 0.1) is 0 Å². The van der Waals surface area contributed by atoms with Crippen molar-refractivity contribution in [3.63, 3.8) is 0 Å². The van der Waals surface area contributed by atoms with Crippen LogP contribution in [0.15, 0.2) is 103 Å². The third-order valence-corrected chi connectivity index (χ3v) is 9.00. The molecule has 0 radical (unpaired) electrons. The summed E-state index contributed by atoms with van der Waals surface area (Å²) in [5.74, 6) is -3.30. The molecule has 2 N–H and O–H groups in total. The minimum atomic E-state index is -1.07. The Balaban J connectivity index is 1.64. The van der Waals surface area contributed by atoms with E-state index in [1.807, 2.05) is 93.7 Å². The van der Waals surface area contributed by atoms with Gasteiger partial charge in [-0.15, -0.1) is 0 Å². The number of nitrogens with one attached hydrogen (secondary N) is 2. The van der Waals surface area contributed by atoms with Crippen molar-refractivity contribution < 1.29 is 23.2 Å². The fraction of sp³-hybridized carbons (Fsp3) is 0.325. The van der Waals surface area contributed by atoms with Crippen LogP contribution in [0.4, 0.5) is 8.78 Å². The van der Waals surface area contributed by atoms with Gasteiger partial charge in [-0.25, -0.2) is 8.78 Å². The van der Waals surface area contributed by atoms with Crippen molar-refractivity contribution in [3.05, 3.63) is 131 Å². The van der Waals surface area contributed by atoms with E-state index in [0.29, 0.717) is 24.9 Å². The van der Waals surface area contributed by atoms with Gasteiger partial charge in [0.2, 0.25) is 17.7 Å². The quantitative estimate of drug-likeness (QED) is 0.156. The lowest BCUT2D eigenvalue weighted by atomic mass is 9.98. The lowest BCUT2D eigenvalue weighted by Crippen LogP contribution is -2.56. The first kappa shape index (κ1) is 36.9. The zero-order valence-corrected chi connectivity index (χ0v) is 28.9. The molecule has 0 heterocycles. The van der Waals surface area contributed by atoms with E-state index in [0.717, 1.165) is 34.0 Å². The van der Waals surface area contributed by atoms with E-state index >= 15 is 0 Å². The summed E-state index contributed by atoms with van der Waals surface area (Å²) in [4.78, 5) is 44.5. The molecule has 0 unspecified atom stereocenters. The van der Waals surface area contributed by atoms with Crippen molar-refractivity contribution in [3.8, 4) is 0 Å². The van der Waals surface area contributed by atoms with Crippen LogP contribution >= 0.6 is 0 Å². The molecule has 0 saturated heterocycles. The van der Waals surface area contributed by atoms with Gasteiger partial charge in [-0.05, 0) is 79.4 Å². The summed E-state index contributed by atoms with van der Waals surface area (Å²) in [6.45, 7) is 4.35. The van der Waals surface area contributed by atoms with Crippen LogP contribution < -0.4 is 10.6 Å². The molecular weight excluding hydrogens is 622 g/mol. The first-order valence-electron chi connectivity index (χ1n) is 16.5. The van der Waals surface area contributed by atoms with Crippen molar-refractivity contribution in [1.82, 2.24) is 20.4 Å². The molecule has 3 amide bonds. The largest absolute Gasteiger partial charge is 0.354 e. The van der Waals surface area contributed by atoms with Gasteiger partial charge in [0.1, 0.15) is 12.1 Å². The Hall–Kier alpha value is -4.89. The number of nitrogens with zero attached hydrogens (tertiary/aromatic N) is 2. The highest BCUT2D eigenvalue weighted by Crippen LogP contribution is 2.21. The highest BCUT2D eigenvalue weighted by atomic mass is 19.2.